The van der Waals surface area contributed by atoms with Gasteiger partial charge in [0.1, 0.15) is 11.5 Å². The van der Waals surface area contributed by atoms with Crippen molar-refractivity contribution in [1.82, 2.24) is 9.78 Å². The first-order chi connectivity index (χ1) is 24.2. The molecule has 1 aromatic heterocycles. The van der Waals surface area contributed by atoms with E-state index in [0.29, 0.717) is 0 Å². The fourth-order valence-electron chi connectivity index (χ4n) is 4.71. The van der Waals surface area contributed by atoms with E-state index in [1.54, 1.807) is 36.4 Å². The lowest BCUT2D eigenvalue weighted by molar-refractivity contribution is -0.127. The van der Waals surface area contributed by atoms with Crippen LogP contribution in [-0.4, -0.2) is 64.4 Å². The summed E-state index contributed by atoms with van der Waals surface area (Å²) >= 11 is 0. The van der Waals surface area contributed by atoms with Crippen LogP contribution < -0.4 is 14.5 Å². The molecule has 1 aliphatic rings. The van der Waals surface area contributed by atoms with Gasteiger partial charge in [0.25, 0.3) is 26.1 Å². The summed E-state index contributed by atoms with van der Waals surface area (Å²) in [5.41, 5.74) is -2.10. The molecule has 3 N–H and O–H groups in total. The number of aromatic hydroxyl groups is 1. The monoisotopic (exact) mass is 730 g/mol. The van der Waals surface area contributed by atoms with Crippen LogP contribution in [0.2, 0.25) is 0 Å². The minimum Gasteiger partial charge on any atom is -0.493 e. The van der Waals surface area contributed by atoms with Crippen LogP contribution in [0.4, 0.5) is 5.69 Å². The van der Waals surface area contributed by atoms with Gasteiger partial charge in [-0.3, -0.25) is 13.9 Å². The van der Waals surface area contributed by atoms with Crippen molar-refractivity contribution >= 4 is 55.6 Å². The smallest absolute Gasteiger partial charge is 0.365 e. The molecule has 51 heavy (non-hydrogen) atoms. The summed E-state index contributed by atoms with van der Waals surface area (Å²) in [5, 5.41) is 20.4. The lowest BCUT2D eigenvalue weighted by Crippen LogP contribution is -2.24. The standard InChI is InChI=1S/C33H22N4O12S2/c38-30-26(28(32(40)48-22-7-3-1-4-8-22)34-36(30)20-11-15-24(16-12-20)50(42,43)44)19-27-29(33(41)49-23-9-5-2-6-10-23)35-37(31(27)39)21-13-17-25(18-14-21)51(45,46)47/h1-19,38H,(H,42,43,44)(H,45,46,47). The van der Waals surface area contributed by atoms with Gasteiger partial charge in [-0.25, -0.2) is 9.59 Å². The number of hydrogen-bond acceptors (Lipinski definition) is 12. The Morgan fingerprint density at radius 3 is 1.63 bits per heavy atom. The zero-order valence-corrected chi connectivity index (χ0v) is 27.2. The van der Waals surface area contributed by atoms with Gasteiger partial charge in [0.15, 0.2) is 11.4 Å². The maximum atomic E-state index is 13.9. The second kappa shape index (κ2) is 13.4. The number of nitrogens with zero attached hydrogens (tertiary/aromatic N) is 4. The summed E-state index contributed by atoms with van der Waals surface area (Å²) in [6, 6.07) is 24.2. The van der Waals surface area contributed by atoms with E-state index in [-0.39, 0.29) is 22.9 Å². The van der Waals surface area contributed by atoms with Crippen molar-refractivity contribution in [2.45, 2.75) is 9.79 Å². The molecule has 0 spiro atoms. The van der Waals surface area contributed by atoms with Crippen LogP contribution in [0.15, 0.2) is 130 Å². The highest BCUT2D eigenvalue weighted by molar-refractivity contribution is 7.86. The molecule has 0 atom stereocenters. The quantitative estimate of drug-likeness (QED) is 0.0851. The largest absolute Gasteiger partial charge is 0.493 e. The first kappa shape index (κ1) is 34.4. The molecule has 0 radical (unpaired) electrons. The molecule has 18 heteroatoms. The lowest BCUT2D eigenvalue weighted by atomic mass is 10.1. The van der Waals surface area contributed by atoms with Crippen molar-refractivity contribution in [3.63, 3.8) is 0 Å². The van der Waals surface area contributed by atoms with Crippen LogP contribution in [0.5, 0.6) is 17.4 Å². The Morgan fingerprint density at radius 2 is 1.14 bits per heavy atom. The topological polar surface area (TPSA) is 232 Å². The molecule has 1 amide bonds. The van der Waals surface area contributed by atoms with Crippen LogP contribution in [0.3, 0.4) is 0 Å². The molecule has 1 aliphatic heterocycles. The number of aromatic nitrogens is 2. The molecular weight excluding hydrogens is 709 g/mol. The van der Waals surface area contributed by atoms with Crippen molar-refractivity contribution in [3.05, 3.63) is 126 Å². The second-order valence-corrected chi connectivity index (χ2v) is 13.3. The maximum Gasteiger partial charge on any atom is 0.365 e. The Labute approximate surface area is 288 Å². The van der Waals surface area contributed by atoms with Crippen molar-refractivity contribution in [1.29, 1.82) is 0 Å². The van der Waals surface area contributed by atoms with E-state index in [1.165, 1.54) is 36.4 Å². The molecule has 6 rings (SSSR count). The minimum atomic E-state index is -4.59. The SMILES string of the molecule is O=C(Oc1ccccc1)C1=NN(c2ccc(S(=O)(=O)O)cc2)C(=O)C1=Cc1c(C(=O)Oc2ccccc2)nn(-c2ccc(S(=O)(=O)O)cc2)c1O. The Morgan fingerprint density at radius 1 is 0.667 bits per heavy atom. The number of esters is 2. The number of carbonyl (C=O) groups is 3. The van der Waals surface area contributed by atoms with Crippen LogP contribution in [-0.2, 0) is 29.8 Å². The van der Waals surface area contributed by atoms with Gasteiger partial charge in [0.2, 0.25) is 5.88 Å². The summed E-state index contributed by atoms with van der Waals surface area (Å²) < 4.78 is 76.7. The van der Waals surface area contributed by atoms with Crippen LogP contribution in [0.1, 0.15) is 16.1 Å². The fourth-order valence-corrected chi connectivity index (χ4v) is 5.67. The molecule has 0 bridgehead atoms. The summed E-state index contributed by atoms with van der Waals surface area (Å²) in [4.78, 5) is 39.9. The highest BCUT2D eigenvalue weighted by Gasteiger charge is 2.38. The van der Waals surface area contributed by atoms with E-state index in [0.717, 1.165) is 52.2 Å². The molecule has 0 fully saturated rings. The third-order valence-electron chi connectivity index (χ3n) is 7.12. The Hall–Kier alpha value is -6.47. The Kier molecular flexibility index (Phi) is 9.07. The summed E-state index contributed by atoms with van der Waals surface area (Å²) in [7, 11) is -9.16. The zero-order valence-electron chi connectivity index (χ0n) is 25.6. The number of hydrogen-bond donors (Lipinski definition) is 3. The third kappa shape index (κ3) is 7.28. The van der Waals surface area contributed by atoms with Gasteiger partial charge in [-0.05, 0) is 78.9 Å². The maximum absolute atomic E-state index is 13.9. The van der Waals surface area contributed by atoms with Gasteiger partial charge in [-0.15, -0.1) is 0 Å². The van der Waals surface area contributed by atoms with Crippen molar-refractivity contribution in [2.24, 2.45) is 5.10 Å². The number of carbonyl (C=O) groups excluding carboxylic acids is 3. The molecular formula is C33H22N4O12S2. The summed E-state index contributed by atoms with van der Waals surface area (Å²) in [6.45, 7) is 0. The Balaban J connectivity index is 1.49. The number of rotatable bonds is 9. The van der Waals surface area contributed by atoms with Crippen molar-refractivity contribution < 1.29 is 54.9 Å². The molecule has 0 saturated heterocycles. The van der Waals surface area contributed by atoms with Gasteiger partial charge in [0, 0.05) is 0 Å². The van der Waals surface area contributed by atoms with Gasteiger partial charge < -0.3 is 14.6 Å². The number of para-hydroxylation sites is 2. The van der Waals surface area contributed by atoms with Gasteiger partial charge in [-0.1, -0.05) is 36.4 Å². The predicted octanol–water partition coefficient (Wildman–Crippen LogP) is 3.68. The zero-order chi connectivity index (χ0) is 36.5. The number of anilines is 1. The number of amides is 1. The van der Waals surface area contributed by atoms with E-state index in [2.05, 4.69) is 10.2 Å². The molecule has 5 aromatic rings. The number of hydrazone groups is 1. The van der Waals surface area contributed by atoms with Crippen LogP contribution in [0.25, 0.3) is 11.8 Å². The highest BCUT2D eigenvalue weighted by Crippen LogP contribution is 2.33. The summed E-state index contributed by atoms with van der Waals surface area (Å²) in [5.74, 6) is -3.80. The summed E-state index contributed by atoms with van der Waals surface area (Å²) in [6.07, 6.45) is 0.951. The van der Waals surface area contributed by atoms with E-state index in [4.69, 9.17) is 9.47 Å². The van der Waals surface area contributed by atoms with Crippen molar-refractivity contribution in [2.75, 3.05) is 5.01 Å². The first-order valence-electron chi connectivity index (χ1n) is 14.4. The van der Waals surface area contributed by atoms with Gasteiger partial charge in [0.05, 0.1) is 32.3 Å². The first-order valence-corrected chi connectivity index (χ1v) is 17.3. The highest BCUT2D eigenvalue weighted by atomic mass is 32.2. The molecule has 16 nitrogen and oxygen atoms in total. The van der Waals surface area contributed by atoms with Gasteiger partial charge in [-0.2, -0.15) is 36.7 Å². The minimum absolute atomic E-state index is 0.00832. The lowest BCUT2D eigenvalue weighted by Gasteiger charge is -2.11. The molecule has 0 saturated carbocycles. The van der Waals surface area contributed by atoms with Crippen molar-refractivity contribution in [3.8, 4) is 23.1 Å². The third-order valence-corrected chi connectivity index (χ3v) is 8.85. The van der Waals surface area contributed by atoms with E-state index >= 15 is 0 Å². The molecule has 0 unspecified atom stereocenters. The normalized spacial score (nSPS) is 14.0. The average Bonchev–Trinajstić information content (AvgIpc) is 3.61. The molecule has 2 heterocycles. The molecule has 4 aromatic carbocycles. The molecule has 0 aliphatic carbocycles. The predicted molar refractivity (Wildman–Crippen MR) is 178 cm³/mol. The van der Waals surface area contributed by atoms with E-state index < -0.39 is 76.3 Å². The fraction of sp³-hybridized carbons (Fsp3) is 0. The number of benzene rings is 4. The second-order valence-electron chi connectivity index (χ2n) is 10.5. The Bertz CT molecular complexity index is 2460. The van der Waals surface area contributed by atoms with Crippen LogP contribution >= 0.6 is 0 Å². The van der Waals surface area contributed by atoms with Gasteiger partial charge >= 0.3 is 11.9 Å². The van der Waals surface area contributed by atoms with E-state index in [9.17, 15) is 45.4 Å². The average molecular weight is 731 g/mol. The molecule has 258 valence electrons. The van der Waals surface area contributed by atoms with E-state index in [1.807, 2.05) is 0 Å². The number of ether oxygens (including phenoxy) is 2. The van der Waals surface area contributed by atoms with Crippen LogP contribution in [0, 0.1) is 0 Å².